The summed E-state index contributed by atoms with van der Waals surface area (Å²) < 4.78 is 27.8. The molecule has 19 heavy (non-hydrogen) atoms. The number of sulfone groups is 1. The molecular weight excluding hydrogens is 268 g/mol. The second-order valence-corrected chi connectivity index (χ2v) is 8.31. The number of carbonyl (C=O) groups is 1. The van der Waals surface area contributed by atoms with Gasteiger partial charge in [0.05, 0.1) is 10.5 Å². The van der Waals surface area contributed by atoms with Gasteiger partial charge < -0.3 is 9.84 Å². The number of aromatic nitrogens is 1. The van der Waals surface area contributed by atoms with Gasteiger partial charge in [0.15, 0.2) is 15.5 Å². The molecule has 2 rings (SSSR count). The van der Waals surface area contributed by atoms with Crippen molar-refractivity contribution in [3.05, 3.63) is 17.5 Å². The Kier molecular flexibility index (Phi) is 3.42. The number of nitrogens with zero attached hydrogens (tertiary/aromatic N) is 1. The van der Waals surface area contributed by atoms with Crippen LogP contribution in [0.3, 0.4) is 0 Å². The second kappa shape index (κ2) is 4.63. The third kappa shape index (κ3) is 2.80. The number of nitrogens with one attached hydrogen (secondary N) is 1. The minimum atomic E-state index is -3.08. The molecule has 1 aliphatic heterocycles. The number of amides is 1. The van der Waals surface area contributed by atoms with E-state index in [9.17, 15) is 13.2 Å². The molecule has 0 aliphatic carbocycles. The summed E-state index contributed by atoms with van der Waals surface area (Å²) in [5.41, 5.74) is 0.226. The normalized spacial score (nSPS) is 24.9. The topological polar surface area (TPSA) is 89.3 Å². The third-order valence-corrected chi connectivity index (χ3v) is 6.13. The van der Waals surface area contributed by atoms with E-state index in [1.165, 1.54) is 0 Å². The highest BCUT2D eigenvalue weighted by atomic mass is 32.2. The van der Waals surface area contributed by atoms with Gasteiger partial charge in [-0.25, -0.2) is 8.42 Å². The molecule has 1 unspecified atom stereocenters. The Labute approximate surface area is 112 Å². The van der Waals surface area contributed by atoms with E-state index in [2.05, 4.69) is 10.5 Å². The van der Waals surface area contributed by atoms with Gasteiger partial charge >= 0.3 is 0 Å². The highest BCUT2D eigenvalue weighted by Crippen LogP contribution is 2.30. The van der Waals surface area contributed by atoms with Crippen molar-refractivity contribution in [2.45, 2.75) is 44.4 Å². The predicted octanol–water partition coefficient (Wildman–Crippen LogP) is 1.07. The summed E-state index contributed by atoms with van der Waals surface area (Å²) in [4.78, 5) is 11.9. The molecule has 6 nitrogen and oxygen atoms in total. The highest BCUT2D eigenvalue weighted by Gasteiger charge is 2.41. The monoisotopic (exact) mass is 286 g/mol. The van der Waals surface area contributed by atoms with Crippen molar-refractivity contribution < 1.29 is 17.7 Å². The Morgan fingerprint density at radius 2 is 2.21 bits per heavy atom. The Hall–Kier alpha value is -1.37. The van der Waals surface area contributed by atoms with Crippen molar-refractivity contribution in [3.8, 4) is 0 Å². The maximum atomic E-state index is 11.9. The third-order valence-electron chi connectivity index (χ3n) is 3.51. The fraction of sp³-hybridized carbons (Fsp3) is 0.667. The lowest BCUT2D eigenvalue weighted by molar-refractivity contribution is 0.0921. The molecule has 1 amide bonds. The first-order valence-corrected chi connectivity index (χ1v) is 7.83. The number of carbonyl (C=O) groups excluding carboxylic acids is 1. The first-order valence-electron chi connectivity index (χ1n) is 6.18. The van der Waals surface area contributed by atoms with Gasteiger partial charge in [0, 0.05) is 12.1 Å². The van der Waals surface area contributed by atoms with Crippen LogP contribution in [0.25, 0.3) is 0 Å². The zero-order valence-corrected chi connectivity index (χ0v) is 12.1. The van der Waals surface area contributed by atoms with Crippen molar-refractivity contribution in [1.29, 1.82) is 0 Å². The summed E-state index contributed by atoms with van der Waals surface area (Å²) in [7, 11) is -3.08. The average molecular weight is 286 g/mol. The summed E-state index contributed by atoms with van der Waals surface area (Å²) in [5.74, 6) is 0.344. The van der Waals surface area contributed by atoms with Crippen LogP contribution in [0, 0.1) is 6.92 Å². The lowest BCUT2D eigenvalue weighted by Gasteiger charge is -2.35. The molecule has 1 atom stereocenters. The Morgan fingerprint density at radius 3 is 2.74 bits per heavy atom. The zero-order valence-electron chi connectivity index (χ0n) is 11.3. The molecule has 1 aliphatic rings. The summed E-state index contributed by atoms with van der Waals surface area (Å²) in [5, 5.41) is 6.46. The fourth-order valence-corrected chi connectivity index (χ4v) is 3.85. The Bertz CT molecular complexity index is 589. The van der Waals surface area contributed by atoms with E-state index in [0.717, 1.165) is 0 Å². The maximum Gasteiger partial charge on any atom is 0.273 e. The molecule has 0 aromatic carbocycles. The molecule has 1 saturated heterocycles. The summed E-state index contributed by atoms with van der Waals surface area (Å²) in [6.45, 7) is 5.10. The second-order valence-electron chi connectivity index (χ2n) is 5.56. The largest absolute Gasteiger partial charge is 0.361 e. The summed E-state index contributed by atoms with van der Waals surface area (Å²) >= 11 is 0. The number of hydrogen-bond acceptors (Lipinski definition) is 5. The van der Waals surface area contributed by atoms with Crippen LogP contribution in [0.15, 0.2) is 10.6 Å². The van der Waals surface area contributed by atoms with E-state index >= 15 is 0 Å². The molecule has 1 N–H and O–H groups in total. The van der Waals surface area contributed by atoms with E-state index in [0.29, 0.717) is 18.6 Å². The molecule has 0 spiro atoms. The van der Waals surface area contributed by atoms with Crippen molar-refractivity contribution >= 4 is 15.7 Å². The lowest BCUT2D eigenvalue weighted by Crippen LogP contribution is -2.49. The van der Waals surface area contributed by atoms with Gasteiger partial charge in [-0.3, -0.25) is 4.79 Å². The van der Waals surface area contributed by atoms with Crippen LogP contribution in [0.2, 0.25) is 0 Å². The molecule has 0 saturated carbocycles. The van der Waals surface area contributed by atoms with E-state index < -0.39 is 14.6 Å². The van der Waals surface area contributed by atoms with Gasteiger partial charge in [0.2, 0.25) is 0 Å². The van der Waals surface area contributed by atoms with Crippen molar-refractivity contribution in [2.75, 3.05) is 5.75 Å². The first kappa shape index (κ1) is 14.0. The Morgan fingerprint density at radius 1 is 1.53 bits per heavy atom. The van der Waals surface area contributed by atoms with Crippen molar-refractivity contribution in [2.24, 2.45) is 0 Å². The lowest BCUT2D eigenvalue weighted by atomic mass is 10.00. The molecular formula is C12H18N2O4S. The van der Waals surface area contributed by atoms with Crippen LogP contribution in [-0.2, 0) is 9.84 Å². The number of rotatable bonds is 2. The van der Waals surface area contributed by atoms with Gasteiger partial charge in [-0.05, 0) is 33.6 Å². The van der Waals surface area contributed by atoms with E-state index in [1.807, 2.05) is 0 Å². The average Bonchev–Trinajstić information content (AvgIpc) is 2.70. The minimum absolute atomic E-state index is 0.1000. The van der Waals surface area contributed by atoms with E-state index in [4.69, 9.17) is 4.52 Å². The predicted molar refractivity (Wildman–Crippen MR) is 69.6 cm³/mol. The minimum Gasteiger partial charge on any atom is -0.361 e. The fourth-order valence-electron chi connectivity index (χ4n) is 2.25. The van der Waals surface area contributed by atoms with Gasteiger partial charge in [0.25, 0.3) is 5.91 Å². The quantitative estimate of drug-likeness (QED) is 0.878. The molecule has 1 aromatic heterocycles. The van der Waals surface area contributed by atoms with Gasteiger partial charge in [-0.1, -0.05) is 5.16 Å². The van der Waals surface area contributed by atoms with Crippen LogP contribution >= 0.6 is 0 Å². The number of hydrogen-bond donors (Lipinski definition) is 1. The van der Waals surface area contributed by atoms with Crippen LogP contribution in [0.1, 0.15) is 42.9 Å². The van der Waals surface area contributed by atoms with Gasteiger partial charge in [0.1, 0.15) is 5.76 Å². The van der Waals surface area contributed by atoms with Crippen LogP contribution in [0.5, 0.6) is 0 Å². The zero-order chi connectivity index (χ0) is 14.3. The van der Waals surface area contributed by atoms with E-state index in [1.54, 1.807) is 26.8 Å². The van der Waals surface area contributed by atoms with Gasteiger partial charge in [-0.15, -0.1) is 0 Å². The molecule has 0 bridgehead atoms. The van der Waals surface area contributed by atoms with Crippen LogP contribution in [-0.4, -0.2) is 36.0 Å². The molecule has 1 aromatic rings. The standard InChI is InChI=1S/C12H18N2O4S/c1-8-6-10(14-18-8)11(15)13-9-4-5-19(16,17)12(2,3)7-9/h6,9H,4-5,7H2,1-3H3,(H,13,15). The van der Waals surface area contributed by atoms with Crippen molar-refractivity contribution in [3.63, 3.8) is 0 Å². The summed E-state index contributed by atoms with van der Waals surface area (Å²) in [6, 6.07) is 1.41. The maximum absolute atomic E-state index is 11.9. The molecule has 0 radical (unpaired) electrons. The SMILES string of the molecule is Cc1cc(C(=O)NC2CCS(=O)(=O)C(C)(C)C2)no1. The molecule has 1 fully saturated rings. The highest BCUT2D eigenvalue weighted by molar-refractivity contribution is 7.92. The van der Waals surface area contributed by atoms with Crippen LogP contribution < -0.4 is 5.32 Å². The van der Waals surface area contributed by atoms with Gasteiger partial charge in [-0.2, -0.15) is 0 Å². The summed E-state index contributed by atoms with van der Waals surface area (Å²) in [6.07, 6.45) is 0.853. The molecule has 2 heterocycles. The number of aryl methyl sites for hydroxylation is 1. The van der Waals surface area contributed by atoms with Crippen molar-refractivity contribution in [1.82, 2.24) is 10.5 Å². The van der Waals surface area contributed by atoms with Crippen LogP contribution in [0.4, 0.5) is 0 Å². The molecule has 106 valence electrons. The smallest absolute Gasteiger partial charge is 0.273 e. The van der Waals surface area contributed by atoms with E-state index in [-0.39, 0.29) is 23.4 Å². The Balaban J connectivity index is 2.04. The first-order chi connectivity index (χ1) is 8.71. The molecule has 7 heteroatoms.